The highest BCUT2D eigenvalue weighted by atomic mass is 16.3. The Morgan fingerprint density at radius 2 is 2.22 bits per heavy atom. The highest BCUT2D eigenvalue weighted by Crippen LogP contribution is 2.32. The Balaban J connectivity index is 1.76. The molecule has 1 aromatic rings. The lowest BCUT2D eigenvalue weighted by Gasteiger charge is -2.32. The van der Waals surface area contributed by atoms with Crippen LogP contribution < -0.4 is 5.73 Å². The minimum absolute atomic E-state index is 0.316. The van der Waals surface area contributed by atoms with Crippen molar-refractivity contribution in [3.8, 4) is 0 Å². The van der Waals surface area contributed by atoms with Gasteiger partial charge >= 0.3 is 0 Å². The molecule has 100 valence electrons. The minimum Gasteiger partial charge on any atom is -0.472 e. The third-order valence-electron chi connectivity index (χ3n) is 4.77. The van der Waals surface area contributed by atoms with Crippen LogP contribution in [-0.4, -0.2) is 48.6 Å². The van der Waals surface area contributed by atoms with Crippen LogP contribution >= 0.6 is 0 Å². The number of hydrogen-bond donors (Lipinski definition) is 1. The quantitative estimate of drug-likeness (QED) is 0.880. The fourth-order valence-electron chi connectivity index (χ4n) is 3.58. The number of nitrogens with two attached hydrogens (primary N) is 1. The average molecular weight is 249 g/mol. The summed E-state index contributed by atoms with van der Waals surface area (Å²) in [5.74, 6) is 0. The summed E-state index contributed by atoms with van der Waals surface area (Å²) in [5, 5.41) is 0. The zero-order chi connectivity index (χ0) is 12.5. The van der Waals surface area contributed by atoms with Gasteiger partial charge in [-0.05, 0) is 32.4 Å². The van der Waals surface area contributed by atoms with Crippen LogP contribution in [0.5, 0.6) is 0 Å². The molecule has 0 aromatic carbocycles. The van der Waals surface area contributed by atoms with Crippen molar-refractivity contribution in [1.82, 2.24) is 9.80 Å². The Kier molecular flexibility index (Phi) is 3.41. The fourth-order valence-corrected chi connectivity index (χ4v) is 3.58. The van der Waals surface area contributed by atoms with Gasteiger partial charge in [0.2, 0.25) is 0 Å². The first-order chi connectivity index (χ1) is 8.79. The Morgan fingerprint density at radius 3 is 2.94 bits per heavy atom. The summed E-state index contributed by atoms with van der Waals surface area (Å²) in [7, 11) is 2.28. The Bertz CT molecular complexity index is 378. The van der Waals surface area contributed by atoms with Crippen LogP contribution in [0.1, 0.15) is 30.9 Å². The van der Waals surface area contributed by atoms with Crippen molar-refractivity contribution in [3.63, 3.8) is 0 Å². The topological polar surface area (TPSA) is 45.6 Å². The molecule has 18 heavy (non-hydrogen) atoms. The van der Waals surface area contributed by atoms with E-state index in [4.69, 9.17) is 10.2 Å². The van der Waals surface area contributed by atoms with Crippen LogP contribution in [0, 0.1) is 0 Å². The van der Waals surface area contributed by atoms with Gasteiger partial charge in [-0.1, -0.05) is 0 Å². The monoisotopic (exact) mass is 249 g/mol. The second-order valence-electron chi connectivity index (χ2n) is 5.64. The molecule has 0 aliphatic carbocycles. The lowest BCUT2D eigenvalue weighted by atomic mass is 10.0. The van der Waals surface area contributed by atoms with E-state index >= 15 is 0 Å². The van der Waals surface area contributed by atoms with Gasteiger partial charge in [0.1, 0.15) is 0 Å². The molecule has 3 heterocycles. The van der Waals surface area contributed by atoms with Crippen LogP contribution in [0.4, 0.5) is 0 Å². The average Bonchev–Trinajstić information content (AvgIpc) is 2.93. The van der Waals surface area contributed by atoms with E-state index < -0.39 is 0 Å². The first-order valence-electron chi connectivity index (χ1n) is 6.97. The van der Waals surface area contributed by atoms with Crippen LogP contribution in [0.25, 0.3) is 0 Å². The molecule has 0 radical (unpaired) electrons. The summed E-state index contributed by atoms with van der Waals surface area (Å²) in [5.41, 5.74) is 7.20. The predicted octanol–water partition coefficient (Wildman–Crippen LogP) is 1.45. The standard InChI is InChI=1S/C14H23N3O/c1-16-12-2-3-13(16)9-17(6-4-12)14(8-15)11-5-7-18-10-11/h5,7,10,12-14H,2-4,6,8-9,15H2,1H3. The normalized spacial score (nSPS) is 31.4. The molecule has 2 aliphatic heterocycles. The molecular formula is C14H23N3O. The predicted molar refractivity (Wildman–Crippen MR) is 71.3 cm³/mol. The number of rotatable bonds is 3. The van der Waals surface area contributed by atoms with E-state index in [0.717, 1.165) is 19.1 Å². The van der Waals surface area contributed by atoms with Gasteiger partial charge in [0.25, 0.3) is 0 Å². The zero-order valence-corrected chi connectivity index (χ0v) is 11.1. The van der Waals surface area contributed by atoms with Gasteiger partial charge in [-0.25, -0.2) is 0 Å². The second-order valence-corrected chi connectivity index (χ2v) is 5.64. The van der Waals surface area contributed by atoms with Gasteiger partial charge in [-0.15, -0.1) is 0 Å². The molecule has 0 saturated carbocycles. The van der Waals surface area contributed by atoms with E-state index in [1.807, 2.05) is 12.3 Å². The molecule has 4 heteroatoms. The maximum absolute atomic E-state index is 5.98. The molecule has 2 aliphatic rings. The number of nitrogens with zero attached hydrogens (tertiary/aromatic N) is 2. The number of fused-ring (bicyclic) bond motifs is 2. The lowest BCUT2D eigenvalue weighted by Crippen LogP contribution is -2.40. The summed E-state index contributed by atoms with van der Waals surface area (Å²) < 4.78 is 5.21. The number of likely N-dealkylation sites (N-methyl/N-ethyl adjacent to an activating group) is 1. The van der Waals surface area contributed by atoms with E-state index in [9.17, 15) is 0 Å². The van der Waals surface area contributed by atoms with Crippen molar-refractivity contribution in [2.75, 3.05) is 26.7 Å². The van der Waals surface area contributed by atoms with Gasteiger partial charge in [0.15, 0.2) is 0 Å². The third-order valence-corrected chi connectivity index (χ3v) is 4.77. The van der Waals surface area contributed by atoms with E-state index in [-0.39, 0.29) is 0 Å². The van der Waals surface area contributed by atoms with Gasteiger partial charge in [0, 0.05) is 37.3 Å². The van der Waals surface area contributed by atoms with Crippen molar-refractivity contribution in [2.45, 2.75) is 37.4 Å². The first kappa shape index (κ1) is 12.2. The smallest absolute Gasteiger partial charge is 0.0950 e. The minimum atomic E-state index is 0.316. The molecule has 0 spiro atoms. The number of hydrogen-bond acceptors (Lipinski definition) is 4. The molecule has 4 nitrogen and oxygen atoms in total. The summed E-state index contributed by atoms with van der Waals surface area (Å²) in [6.45, 7) is 2.96. The molecule has 3 atom stereocenters. The number of likely N-dealkylation sites (tertiary alicyclic amines) is 1. The second kappa shape index (κ2) is 5.03. The van der Waals surface area contributed by atoms with Gasteiger partial charge in [0.05, 0.1) is 18.6 Å². The highest BCUT2D eigenvalue weighted by molar-refractivity contribution is 5.13. The van der Waals surface area contributed by atoms with E-state index in [1.54, 1.807) is 6.26 Å². The Hall–Kier alpha value is -0.840. The lowest BCUT2D eigenvalue weighted by molar-refractivity contribution is 0.174. The molecule has 2 fully saturated rings. The highest BCUT2D eigenvalue weighted by Gasteiger charge is 2.36. The molecular weight excluding hydrogens is 226 g/mol. The van der Waals surface area contributed by atoms with Crippen LogP contribution in [0.2, 0.25) is 0 Å². The Labute approximate surface area is 109 Å². The Morgan fingerprint density at radius 1 is 1.39 bits per heavy atom. The van der Waals surface area contributed by atoms with Gasteiger partial charge < -0.3 is 10.2 Å². The summed E-state index contributed by atoms with van der Waals surface area (Å²) in [6, 6.07) is 3.85. The summed E-state index contributed by atoms with van der Waals surface area (Å²) in [6.07, 6.45) is 7.55. The van der Waals surface area contributed by atoms with E-state index in [2.05, 4.69) is 16.8 Å². The summed E-state index contributed by atoms with van der Waals surface area (Å²) in [4.78, 5) is 5.12. The largest absolute Gasteiger partial charge is 0.472 e. The van der Waals surface area contributed by atoms with Crippen LogP contribution in [0.15, 0.2) is 23.0 Å². The molecule has 0 amide bonds. The van der Waals surface area contributed by atoms with Crippen molar-refractivity contribution < 1.29 is 4.42 Å². The number of furan rings is 1. The molecule has 2 saturated heterocycles. The molecule has 2 N–H and O–H groups in total. The van der Waals surface area contributed by atoms with Gasteiger partial charge in [-0.2, -0.15) is 0 Å². The molecule has 1 aromatic heterocycles. The van der Waals surface area contributed by atoms with Gasteiger partial charge in [-0.3, -0.25) is 9.80 Å². The van der Waals surface area contributed by atoms with Crippen LogP contribution in [0.3, 0.4) is 0 Å². The molecule has 3 rings (SSSR count). The summed E-state index contributed by atoms with van der Waals surface area (Å²) >= 11 is 0. The maximum Gasteiger partial charge on any atom is 0.0950 e. The van der Waals surface area contributed by atoms with Crippen molar-refractivity contribution in [1.29, 1.82) is 0 Å². The van der Waals surface area contributed by atoms with E-state index in [1.165, 1.54) is 24.8 Å². The fraction of sp³-hybridized carbons (Fsp3) is 0.714. The molecule has 2 bridgehead atoms. The SMILES string of the molecule is CN1C2CCC1CN(C(CN)c1ccoc1)CC2. The maximum atomic E-state index is 5.98. The third kappa shape index (κ3) is 2.09. The van der Waals surface area contributed by atoms with Crippen molar-refractivity contribution >= 4 is 0 Å². The first-order valence-corrected chi connectivity index (χ1v) is 6.97. The molecule has 3 unspecified atom stereocenters. The van der Waals surface area contributed by atoms with Crippen molar-refractivity contribution in [2.24, 2.45) is 5.73 Å². The van der Waals surface area contributed by atoms with E-state index in [0.29, 0.717) is 18.6 Å². The van der Waals surface area contributed by atoms with Crippen molar-refractivity contribution in [3.05, 3.63) is 24.2 Å². The van der Waals surface area contributed by atoms with Crippen LogP contribution in [-0.2, 0) is 0 Å². The zero-order valence-electron chi connectivity index (χ0n) is 11.1.